The van der Waals surface area contributed by atoms with Gasteiger partial charge < -0.3 is 24.3 Å². The highest BCUT2D eigenvalue weighted by atomic mass is 16.6. The van der Waals surface area contributed by atoms with Crippen molar-refractivity contribution < 1.29 is 28.8 Å². The molecule has 2 heterocycles. The molecule has 0 spiro atoms. The smallest absolute Gasteiger partial charge is 0.410 e. The molecular weight excluding hydrogens is 482 g/mol. The predicted molar refractivity (Wildman–Crippen MR) is 149 cm³/mol. The van der Waals surface area contributed by atoms with Crippen LogP contribution in [0.15, 0.2) is 35.5 Å². The minimum atomic E-state index is -0.461. The van der Waals surface area contributed by atoms with Gasteiger partial charge >= 0.3 is 12.0 Å². The Hall–Kier alpha value is -3.03. The number of aliphatic hydroxyl groups excluding tert-OH is 1. The van der Waals surface area contributed by atoms with Crippen molar-refractivity contribution in [2.45, 2.75) is 71.3 Å². The van der Waals surface area contributed by atoms with E-state index >= 15 is 0 Å². The third-order valence-electron chi connectivity index (χ3n) is 7.64. The zero-order valence-corrected chi connectivity index (χ0v) is 23.4. The first-order valence-electron chi connectivity index (χ1n) is 14.0. The average molecular weight is 527 g/mol. The molecule has 1 aromatic carbocycles. The maximum Gasteiger partial charge on any atom is 0.410 e. The lowest BCUT2D eigenvalue weighted by atomic mass is 9.86. The Morgan fingerprint density at radius 1 is 1.08 bits per heavy atom. The van der Waals surface area contributed by atoms with E-state index in [1.54, 1.807) is 12.0 Å². The number of carbonyl (C=O) groups is 1. The number of oxime groups is 1. The summed E-state index contributed by atoms with van der Waals surface area (Å²) < 4.78 is 13.7. The highest BCUT2D eigenvalue weighted by Gasteiger charge is 2.30. The van der Waals surface area contributed by atoms with Crippen LogP contribution >= 0.6 is 0 Å². The third kappa shape index (κ3) is 7.74. The van der Waals surface area contributed by atoms with E-state index in [-0.39, 0.29) is 12.0 Å². The Bertz CT molecular complexity index is 1030. The third-order valence-corrected chi connectivity index (χ3v) is 7.64. The lowest BCUT2D eigenvalue weighted by Gasteiger charge is -2.33. The van der Waals surface area contributed by atoms with Crippen LogP contribution in [0.2, 0.25) is 0 Å². The first-order valence-corrected chi connectivity index (χ1v) is 14.0. The Morgan fingerprint density at radius 3 is 2.34 bits per heavy atom. The Balaban J connectivity index is 1.22. The fourth-order valence-electron chi connectivity index (χ4n) is 5.39. The van der Waals surface area contributed by atoms with Gasteiger partial charge in [0.05, 0.1) is 18.2 Å². The molecule has 8 heteroatoms. The fourth-order valence-corrected chi connectivity index (χ4v) is 5.39. The minimum Gasteiger partial charge on any atom is -0.493 e. The molecule has 1 atom stereocenters. The van der Waals surface area contributed by atoms with E-state index in [1.165, 1.54) is 11.1 Å². The number of piperidine rings is 2. The van der Waals surface area contributed by atoms with Gasteiger partial charge in [0.15, 0.2) is 13.1 Å². The van der Waals surface area contributed by atoms with Gasteiger partial charge in [0.2, 0.25) is 0 Å². The number of benzene rings is 1. The number of ether oxygens (including phenoxy) is 2. The summed E-state index contributed by atoms with van der Waals surface area (Å²) in [6.07, 6.45) is 8.35. The van der Waals surface area contributed by atoms with Crippen LogP contribution in [0.25, 0.3) is 5.57 Å². The molecule has 2 aliphatic heterocycles. The molecule has 1 amide bonds. The van der Waals surface area contributed by atoms with Crippen LogP contribution < -0.4 is 4.74 Å². The minimum absolute atomic E-state index is 0.184. The lowest BCUT2D eigenvalue weighted by molar-refractivity contribution is -0.539. The van der Waals surface area contributed by atoms with Gasteiger partial charge in [-0.05, 0) is 82.1 Å². The summed E-state index contributed by atoms with van der Waals surface area (Å²) >= 11 is 0. The Labute approximate surface area is 226 Å². The van der Waals surface area contributed by atoms with Crippen molar-refractivity contribution in [3.8, 4) is 5.75 Å². The molecule has 2 saturated heterocycles. The summed E-state index contributed by atoms with van der Waals surface area (Å²) in [5.41, 5.74) is 3.16. The number of hydrogen-bond donors (Lipinski definition) is 1. The summed E-state index contributed by atoms with van der Waals surface area (Å²) in [7, 11) is 1.58. The van der Waals surface area contributed by atoms with Crippen LogP contribution in [0.4, 0.5) is 4.79 Å². The van der Waals surface area contributed by atoms with Crippen molar-refractivity contribution in [1.29, 1.82) is 0 Å². The number of nitrogens with zero attached hydrogens (tertiary/aromatic N) is 3. The van der Waals surface area contributed by atoms with Crippen molar-refractivity contribution in [3.63, 3.8) is 0 Å². The Morgan fingerprint density at radius 2 is 1.76 bits per heavy atom. The molecule has 1 aliphatic carbocycles. The molecule has 0 radical (unpaired) electrons. The SMILES string of the molecule is CON=C1CC[N+](=C(O)C2CC=C(c3ccc(OCC4CCN(C(=O)OC(C)(C)C)CC4)cc3)CC2)CC1. The molecule has 208 valence electrons. The molecule has 8 nitrogen and oxygen atoms in total. The molecule has 0 saturated carbocycles. The van der Waals surface area contributed by atoms with Crippen molar-refractivity contribution in [1.82, 2.24) is 4.90 Å². The number of carbonyl (C=O) groups excluding carboxylic acids is 1. The lowest BCUT2D eigenvalue weighted by Crippen LogP contribution is -2.42. The number of aliphatic hydroxyl groups is 1. The second-order valence-corrected chi connectivity index (χ2v) is 11.6. The van der Waals surface area contributed by atoms with Crippen molar-refractivity contribution in [2.24, 2.45) is 17.0 Å². The maximum atomic E-state index is 12.3. The summed E-state index contributed by atoms with van der Waals surface area (Å²) in [5, 5.41) is 14.9. The first-order chi connectivity index (χ1) is 18.2. The van der Waals surface area contributed by atoms with Gasteiger partial charge in [0.25, 0.3) is 0 Å². The summed E-state index contributed by atoms with van der Waals surface area (Å²) in [4.78, 5) is 19.0. The van der Waals surface area contributed by atoms with Crippen molar-refractivity contribution in [2.75, 3.05) is 39.9 Å². The van der Waals surface area contributed by atoms with E-state index < -0.39 is 5.60 Å². The molecular formula is C30H44N3O5+. The monoisotopic (exact) mass is 526 g/mol. The zero-order chi connectivity index (χ0) is 27.1. The molecule has 0 bridgehead atoms. The number of hydrogen-bond acceptors (Lipinski definition) is 5. The van der Waals surface area contributed by atoms with Crippen molar-refractivity contribution in [3.05, 3.63) is 35.9 Å². The largest absolute Gasteiger partial charge is 0.493 e. The van der Waals surface area contributed by atoms with Crippen LogP contribution in [0, 0.1) is 11.8 Å². The fraction of sp³-hybridized carbons (Fsp3) is 0.633. The number of allylic oxidation sites excluding steroid dienone is 2. The van der Waals surface area contributed by atoms with Crippen LogP contribution in [0.1, 0.15) is 71.3 Å². The van der Waals surface area contributed by atoms with Gasteiger partial charge in [-0.15, -0.1) is 0 Å². The predicted octanol–water partition coefficient (Wildman–Crippen LogP) is 5.66. The summed E-state index contributed by atoms with van der Waals surface area (Å²) in [6.45, 7) is 9.37. The van der Waals surface area contributed by atoms with Crippen LogP contribution in [0.5, 0.6) is 5.75 Å². The molecule has 1 unspecified atom stereocenters. The van der Waals surface area contributed by atoms with Crippen molar-refractivity contribution >= 4 is 23.3 Å². The first kappa shape index (κ1) is 28.0. The van der Waals surface area contributed by atoms with Gasteiger partial charge in [-0.3, -0.25) is 0 Å². The topological polar surface area (TPSA) is 83.6 Å². The van der Waals surface area contributed by atoms with Crippen LogP contribution in [-0.2, 0) is 9.57 Å². The van der Waals surface area contributed by atoms with Crippen LogP contribution in [-0.4, -0.2) is 77.8 Å². The quantitative estimate of drug-likeness (QED) is 0.294. The molecule has 1 aromatic rings. The molecule has 38 heavy (non-hydrogen) atoms. The average Bonchev–Trinajstić information content (AvgIpc) is 2.92. The number of amides is 1. The molecule has 0 aromatic heterocycles. The summed E-state index contributed by atoms with van der Waals surface area (Å²) in [6, 6.07) is 8.37. The Kier molecular flexibility index (Phi) is 9.34. The van der Waals surface area contributed by atoms with Gasteiger partial charge in [-0.2, -0.15) is 0 Å². The molecule has 2 fully saturated rings. The van der Waals surface area contributed by atoms with E-state index in [9.17, 15) is 9.90 Å². The summed E-state index contributed by atoms with van der Waals surface area (Å²) in [5.74, 6) is 2.03. The van der Waals surface area contributed by atoms with Crippen LogP contribution in [0.3, 0.4) is 0 Å². The van der Waals surface area contributed by atoms with E-state index in [0.717, 1.165) is 69.5 Å². The number of rotatable bonds is 6. The van der Waals surface area contributed by atoms with Gasteiger partial charge in [-0.25, -0.2) is 9.37 Å². The second kappa shape index (κ2) is 12.7. The molecule has 3 aliphatic rings. The highest BCUT2D eigenvalue weighted by Crippen LogP contribution is 2.32. The highest BCUT2D eigenvalue weighted by molar-refractivity contribution is 5.85. The van der Waals surface area contributed by atoms with Gasteiger partial charge in [0.1, 0.15) is 18.5 Å². The van der Waals surface area contributed by atoms with Gasteiger partial charge in [-0.1, -0.05) is 23.4 Å². The normalized spacial score (nSPS) is 21.0. The van der Waals surface area contributed by atoms with E-state index in [1.807, 2.05) is 20.8 Å². The van der Waals surface area contributed by atoms with E-state index in [0.29, 0.717) is 31.5 Å². The molecule has 1 N–H and O–H groups in total. The maximum absolute atomic E-state index is 12.3. The second-order valence-electron chi connectivity index (χ2n) is 11.6. The number of likely N-dealkylation sites (tertiary alicyclic amines) is 1. The van der Waals surface area contributed by atoms with E-state index in [2.05, 4.69) is 40.1 Å². The zero-order valence-electron chi connectivity index (χ0n) is 23.4. The standard InChI is InChI=1S/C30H43N3O5/c1-30(2,3)38-29(35)33-17-13-22(14-18-33)21-37-27-11-9-24(10-12-27)23-5-7-25(8-6-23)28(34)32-19-15-26(16-20-32)31-36-4/h5,9-12,22,25H,6-8,13-21H2,1-4H3/p+1. The van der Waals surface area contributed by atoms with E-state index in [4.69, 9.17) is 14.3 Å². The van der Waals surface area contributed by atoms with Gasteiger partial charge in [0, 0.05) is 25.9 Å². The molecule has 4 rings (SSSR count).